The number of halogens is 1. The third kappa shape index (κ3) is 5.83. The number of rotatable bonds is 4. The van der Waals surface area contributed by atoms with E-state index >= 15 is 0 Å². The van der Waals surface area contributed by atoms with Crippen LogP contribution in [0, 0.1) is 5.92 Å². The molecule has 2 heteroatoms. The lowest BCUT2D eigenvalue weighted by atomic mass is 10.1. The summed E-state index contributed by atoms with van der Waals surface area (Å²) in [4.78, 5) is 10.3. The van der Waals surface area contributed by atoms with Crippen molar-refractivity contribution in [2.75, 3.05) is 0 Å². The normalized spacial score (nSPS) is 13.9. The molecule has 0 saturated heterocycles. The Bertz CT molecular complexity index is 129. The van der Waals surface area contributed by atoms with Crippen LogP contribution >= 0.6 is 11.6 Å². The Morgan fingerprint density at radius 2 is 2.30 bits per heavy atom. The molecule has 0 aliphatic rings. The van der Waals surface area contributed by atoms with Crippen molar-refractivity contribution in [2.24, 2.45) is 5.92 Å². The average molecular weight is 161 g/mol. The molecule has 0 amide bonds. The molecule has 0 aromatic carbocycles. The van der Waals surface area contributed by atoms with Crippen LogP contribution in [0.4, 0.5) is 0 Å². The molecule has 0 aliphatic carbocycles. The molecule has 0 rings (SSSR count). The molecule has 1 unspecified atom stereocenters. The molecule has 0 fully saturated rings. The molecule has 0 spiro atoms. The molecule has 1 atom stereocenters. The Labute approximate surface area is 67.1 Å². The van der Waals surface area contributed by atoms with Gasteiger partial charge in [-0.2, -0.15) is 0 Å². The second-order valence-electron chi connectivity index (χ2n) is 2.37. The van der Waals surface area contributed by atoms with Crippen LogP contribution in [-0.4, -0.2) is 5.24 Å². The molecule has 0 saturated carbocycles. The van der Waals surface area contributed by atoms with Crippen LogP contribution in [0.2, 0.25) is 0 Å². The van der Waals surface area contributed by atoms with E-state index in [4.69, 9.17) is 11.6 Å². The molecule has 0 aromatic heterocycles. The second kappa shape index (κ2) is 5.48. The molecule has 0 aliphatic heterocycles. The van der Waals surface area contributed by atoms with Gasteiger partial charge in [-0.05, 0) is 23.9 Å². The first kappa shape index (κ1) is 9.70. The first-order valence-electron chi connectivity index (χ1n) is 3.51. The van der Waals surface area contributed by atoms with Crippen molar-refractivity contribution in [2.45, 2.75) is 26.7 Å². The maximum atomic E-state index is 10.3. The highest BCUT2D eigenvalue weighted by molar-refractivity contribution is 6.63. The zero-order valence-corrected chi connectivity index (χ0v) is 7.19. The van der Waals surface area contributed by atoms with Gasteiger partial charge in [0.15, 0.2) is 0 Å². The first-order valence-corrected chi connectivity index (χ1v) is 3.89. The van der Waals surface area contributed by atoms with Crippen LogP contribution < -0.4 is 0 Å². The largest absolute Gasteiger partial charge is 0.281 e. The fraction of sp³-hybridized carbons (Fsp3) is 0.625. The van der Waals surface area contributed by atoms with Crippen molar-refractivity contribution in [1.82, 2.24) is 0 Å². The van der Waals surface area contributed by atoms with E-state index in [-0.39, 0.29) is 11.2 Å². The molecular formula is C8H13ClO. The lowest BCUT2D eigenvalue weighted by Gasteiger charge is -1.98. The third-order valence-electron chi connectivity index (χ3n) is 1.18. The summed E-state index contributed by atoms with van der Waals surface area (Å²) in [5.41, 5.74) is 0. The average Bonchev–Trinajstić information content (AvgIpc) is 1.82. The van der Waals surface area contributed by atoms with Crippen LogP contribution in [0.25, 0.3) is 0 Å². The van der Waals surface area contributed by atoms with Crippen molar-refractivity contribution >= 4 is 16.8 Å². The van der Waals surface area contributed by atoms with Crippen molar-refractivity contribution in [3.8, 4) is 0 Å². The summed E-state index contributed by atoms with van der Waals surface area (Å²) >= 11 is 5.18. The standard InChI is InChI=1S/C8H13ClO/c1-3-4-5-7(2)6-8(9)10/h4-5,7H,3,6H2,1-2H3/b5-4+. The summed E-state index contributed by atoms with van der Waals surface area (Å²) in [5, 5.41) is -0.256. The van der Waals surface area contributed by atoms with Crippen LogP contribution in [0.5, 0.6) is 0 Å². The fourth-order valence-corrected chi connectivity index (χ4v) is 0.933. The zero-order chi connectivity index (χ0) is 7.98. The minimum absolute atomic E-state index is 0.256. The first-order chi connectivity index (χ1) is 4.66. The summed E-state index contributed by atoms with van der Waals surface area (Å²) in [6.07, 6.45) is 5.52. The van der Waals surface area contributed by atoms with Gasteiger partial charge in [-0.3, -0.25) is 4.79 Å². The predicted molar refractivity (Wildman–Crippen MR) is 44.1 cm³/mol. The van der Waals surface area contributed by atoms with Crippen molar-refractivity contribution in [1.29, 1.82) is 0 Å². The summed E-state index contributed by atoms with van der Waals surface area (Å²) in [6, 6.07) is 0. The van der Waals surface area contributed by atoms with Gasteiger partial charge in [0.2, 0.25) is 5.24 Å². The Morgan fingerprint density at radius 3 is 2.70 bits per heavy atom. The number of hydrogen-bond acceptors (Lipinski definition) is 1. The highest BCUT2D eigenvalue weighted by Gasteiger charge is 2.01. The minimum atomic E-state index is -0.256. The van der Waals surface area contributed by atoms with E-state index in [2.05, 4.69) is 6.92 Å². The Hall–Kier alpha value is -0.300. The zero-order valence-electron chi connectivity index (χ0n) is 6.43. The van der Waals surface area contributed by atoms with E-state index in [1.807, 2.05) is 19.1 Å². The second-order valence-corrected chi connectivity index (χ2v) is 2.79. The van der Waals surface area contributed by atoms with Crippen molar-refractivity contribution in [3.05, 3.63) is 12.2 Å². The number of carbonyl (C=O) groups excluding carboxylic acids is 1. The third-order valence-corrected chi connectivity index (χ3v) is 1.34. The Kier molecular flexibility index (Phi) is 5.32. The van der Waals surface area contributed by atoms with Gasteiger partial charge < -0.3 is 0 Å². The van der Waals surface area contributed by atoms with Crippen molar-refractivity contribution in [3.63, 3.8) is 0 Å². The van der Waals surface area contributed by atoms with Gasteiger partial charge in [0.1, 0.15) is 0 Å². The SMILES string of the molecule is CC/C=C/C(C)CC(=O)Cl. The number of hydrogen-bond donors (Lipinski definition) is 0. The smallest absolute Gasteiger partial charge is 0.222 e. The Balaban J connectivity index is 3.52. The molecule has 0 bridgehead atoms. The molecule has 1 nitrogen and oxygen atoms in total. The van der Waals surface area contributed by atoms with E-state index in [9.17, 15) is 4.79 Å². The van der Waals surface area contributed by atoms with Crippen LogP contribution in [0.1, 0.15) is 26.7 Å². The van der Waals surface area contributed by atoms with E-state index in [0.717, 1.165) is 6.42 Å². The molecule has 0 aromatic rings. The molecule has 10 heavy (non-hydrogen) atoms. The Morgan fingerprint density at radius 1 is 1.70 bits per heavy atom. The predicted octanol–water partition coefficient (Wildman–Crippen LogP) is 2.74. The van der Waals surface area contributed by atoms with Gasteiger partial charge in [0.05, 0.1) is 0 Å². The molecule has 58 valence electrons. The molecular weight excluding hydrogens is 148 g/mol. The van der Waals surface area contributed by atoms with Gasteiger partial charge in [0, 0.05) is 6.42 Å². The topological polar surface area (TPSA) is 17.1 Å². The number of allylic oxidation sites excluding steroid dienone is 2. The maximum Gasteiger partial charge on any atom is 0.222 e. The summed E-state index contributed by atoms with van der Waals surface area (Å²) in [5.74, 6) is 0.282. The minimum Gasteiger partial charge on any atom is -0.281 e. The van der Waals surface area contributed by atoms with Crippen LogP contribution in [0.3, 0.4) is 0 Å². The molecule has 0 radical (unpaired) electrons. The van der Waals surface area contributed by atoms with Gasteiger partial charge in [-0.25, -0.2) is 0 Å². The van der Waals surface area contributed by atoms with E-state index in [1.54, 1.807) is 0 Å². The van der Waals surface area contributed by atoms with E-state index in [0.29, 0.717) is 6.42 Å². The van der Waals surface area contributed by atoms with Crippen LogP contribution in [0.15, 0.2) is 12.2 Å². The van der Waals surface area contributed by atoms with Gasteiger partial charge in [0.25, 0.3) is 0 Å². The number of carbonyl (C=O) groups is 1. The van der Waals surface area contributed by atoms with Gasteiger partial charge in [-0.15, -0.1) is 0 Å². The summed E-state index contributed by atoms with van der Waals surface area (Å²) in [6.45, 7) is 4.04. The fourth-order valence-electron chi connectivity index (χ4n) is 0.690. The van der Waals surface area contributed by atoms with Gasteiger partial charge in [-0.1, -0.05) is 26.0 Å². The highest BCUT2D eigenvalue weighted by Crippen LogP contribution is 2.06. The van der Waals surface area contributed by atoms with Crippen LogP contribution in [-0.2, 0) is 4.79 Å². The lowest BCUT2D eigenvalue weighted by Crippen LogP contribution is -1.95. The quantitative estimate of drug-likeness (QED) is 0.457. The lowest BCUT2D eigenvalue weighted by molar-refractivity contribution is -0.112. The van der Waals surface area contributed by atoms with Gasteiger partial charge >= 0.3 is 0 Å². The summed E-state index contributed by atoms with van der Waals surface area (Å²) < 4.78 is 0. The van der Waals surface area contributed by atoms with E-state index in [1.165, 1.54) is 0 Å². The van der Waals surface area contributed by atoms with Crippen molar-refractivity contribution < 1.29 is 4.79 Å². The molecule has 0 N–H and O–H groups in total. The highest BCUT2D eigenvalue weighted by atomic mass is 35.5. The summed E-state index contributed by atoms with van der Waals surface area (Å²) in [7, 11) is 0. The monoisotopic (exact) mass is 160 g/mol. The molecule has 0 heterocycles. The maximum absolute atomic E-state index is 10.3. The van der Waals surface area contributed by atoms with E-state index < -0.39 is 0 Å².